The lowest BCUT2D eigenvalue weighted by Gasteiger charge is -2.32. The van der Waals surface area contributed by atoms with Crippen molar-refractivity contribution >= 4 is 28.9 Å². The number of urea groups is 1. The first-order chi connectivity index (χ1) is 15.9. The molecule has 2 aromatic carbocycles. The fourth-order valence-electron chi connectivity index (χ4n) is 4.44. The Hall–Kier alpha value is -3.56. The van der Waals surface area contributed by atoms with Crippen molar-refractivity contribution in [3.05, 3.63) is 64.7 Å². The molecule has 170 valence electrons. The van der Waals surface area contributed by atoms with Gasteiger partial charge in [-0.25, -0.2) is 9.80 Å². The van der Waals surface area contributed by atoms with Crippen molar-refractivity contribution in [2.75, 3.05) is 57.5 Å². The van der Waals surface area contributed by atoms with Gasteiger partial charge in [0, 0.05) is 51.5 Å². The fraction of sp³-hybridized carbons (Fsp3) is 0.333. The van der Waals surface area contributed by atoms with Crippen LogP contribution in [0.1, 0.15) is 27.5 Å². The van der Waals surface area contributed by atoms with E-state index in [0.29, 0.717) is 22.5 Å². The normalized spacial score (nSPS) is 20.1. The van der Waals surface area contributed by atoms with Crippen molar-refractivity contribution in [3.8, 4) is 0 Å². The van der Waals surface area contributed by atoms with Crippen LogP contribution < -0.4 is 15.6 Å². The molecule has 2 heterocycles. The summed E-state index contributed by atoms with van der Waals surface area (Å²) in [6.45, 7) is 3.28. The molecule has 2 N–H and O–H groups in total. The van der Waals surface area contributed by atoms with Crippen molar-refractivity contribution in [1.29, 1.82) is 0 Å². The number of ketones is 1. The summed E-state index contributed by atoms with van der Waals surface area (Å²) in [5.41, 5.74) is 7.72. The Morgan fingerprint density at radius 2 is 1.79 bits per heavy atom. The summed E-state index contributed by atoms with van der Waals surface area (Å²) in [5.74, 6) is -0.137. The number of amides is 2. The Balaban J connectivity index is 1.39. The first kappa shape index (κ1) is 21.3. The maximum Gasteiger partial charge on any atom is 0.333 e. The molecule has 1 saturated heterocycles. The molecule has 5 rings (SSSR count). The summed E-state index contributed by atoms with van der Waals surface area (Å²) >= 11 is 0. The van der Waals surface area contributed by atoms with Gasteiger partial charge in [0.15, 0.2) is 5.78 Å². The Morgan fingerprint density at radius 3 is 2.48 bits per heavy atom. The zero-order valence-corrected chi connectivity index (χ0v) is 19.0. The molecule has 1 unspecified atom stereocenters. The van der Waals surface area contributed by atoms with Crippen molar-refractivity contribution in [2.45, 2.75) is 6.04 Å². The Morgan fingerprint density at radius 1 is 1.06 bits per heavy atom. The van der Waals surface area contributed by atoms with Gasteiger partial charge in [0.2, 0.25) is 0 Å². The molecule has 0 spiro atoms. The first-order valence-corrected chi connectivity index (χ1v) is 11.0. The lowest BCUT2D eigenvalue weighted by Crippen LogP contribution is -2.53. The summed E-state index contributed by atoms with van der Waals surface area (Å²) < 4.78 is 0. The second kappa shape index (κ2) is 8.42. The summed E-state index contributed by atoms with van der Waals surface area (Å²) in [6, 6.07) is 12.6. The van der Waals surface area contributed by atoms with Gasteiger partial charge in [0.05, 0.1) is 16.8 Å². The second-order valence-electron chi connectivity index (χ2n) is 8.78. The Kier molecular flexibility index (Phi) is 5.43. The van der Waals surface area contributed by atoms with E-state index in [-0.39, 0.29) is 11.8 Å². The number of hydrazine groups is 1. The zero-order chi connectivity index (χ0) is 23.1. The predicted octanol–water partition coefficient (Wildman–Crippen LogP) is 3.15. The number of piperazine rings is 1. The number of Topliss-reactive ketones (excluding diaryl/α,β-unsaturated/α-hetero) is 1. The van der Waals surface area contributed by atoms with Gasteiger partial charge in [-0.05, 0) is 30.8 Å². The zero-order valence-electron chi connectivity index (χ0n) is 19.0. The topological polar surface area (TPSA) is 92.6 Å². The smallest absolute Gasteiger partial charge is 0.333 e. The number of nitrogens with one attached hydrogen (secondary N) is 2. The molecule has 0 saturated carbocycles. The van der Waals surface area contributed by atoms with Crippen LogP contribution in [0.15, 0.2) is 58.3 Å². The molecule has 1 fully saturated rings. The van der Waals surface area contributed by atoms with Crippen LogP contribution in [0.4, 0.5) is 16.2 Å². The highest BCUT2D eigenvalue weighted by Gasteiger charge is 2.42. The maximum absolute atomic E-state index is 13.5. The number of fused-ring (bicyclic) bond motifs is 3. The molecule has 3 aliphatic rings. The van der Waals surface area contributed by atoms with E-state index in [0.717, 1.165) is 43.0 Å². The minimum absolute atomic E-state index is 0.137. The number of benzene rings is 2. The van der Waals surface area contributed by atoms with Crippen LogP contribution in [0.5, 0.6) is 0 Å². The van der Waals surface area contributed by atoms with E-state index in [1.54, 1.807) is 6.07 Å². The monoisotopic (exact) mass is 445 g/mol. The minimum atomic E-state index is -0.432. The van der Waals surface area contributed by atoms with Gasteiger partial charge in [-0.2, -0.15) is 10.2 Å². The SMILES string of the molecule is CN1CCN(NC(=O)Nc2cccc3c2C(=O)C2=C(c4ccc(N(C)C)cc4)N=NC23)CC1. The maximum atomic E-state index is 13.5. The molecule has 9 heteroatoms. The lowest BCUT2D eigenvalue weighted by atomic mass is 10.0. The van der Waals surface area contributed by atoms with Crippen LogP contribution in [0, 0.1) is 0 Å². The molecular weight excluding hydrogens is 418 g/mol. The van der Waals surface area contributed by atoms with Gasteiger partial charge < -0.3 is 15.1 Å². The second-order valence-corrected chi connectivity index (χ2v) is 8.78. The van der Waals surface area contributed by atoms with Crippen molar-refractivity contribution < 1.29 is 9.59 Å². The third-order valence-electron chi connectivity index (χ3n) is 6.33. The van der Waals surface area contributed by atoms with E-state index in [1.807, 2.05) is 60.4 Å². The lowest BCUT2D eigenvalue weighted by molar-refractivity contribution is 0.103. The van der Waals surface area contributed by atoms with Crippen LogP contribution in [-0.2, 0) is 0 Å². The van der Waals surface area contributed by atoms with E-state index < -0.39 is 6.04 Å². The van der Waals surface area contributed by atoms with E-state index in [4.69, 9.17) is 0 Å². The molecule has 33 heavy (non-hydrogen) atoms. The molecule has 1 atom stereocenters. The molecule has 9 nitrogen and oxygen atoms in total. The summed E-state index contributed by atoms with van der Waals surface area (Å²) in [7, 11) is 6.02. The number of likely N-dealkylation sites (N-methyl/N-ethyl adjacent to an activating group) is 1. The van der Waals surface area contributed by atoms with Gasteiger partial charge in [0.25, 0.3) is 0 Å². The van der Waals surface area contributed by atoms with Crippen LogP contribution in [0.3, 0.4) is 0 Å². The molecule has 2 aliphatic heterocycles. The molecule has 0 bridgehead atoms. The van der Waals surface area contributed by atoms with Gasteiger partial charge in [-0.15, -0.1) is 0 Å². The van der Waals surface area contributed by atoms with Gasteiger partial charge in [-0.3, -0.25) is 10.2 Å². The summed E-state index contributed by atoms with van der Waals surface area (Å²) in [5, 5.41) is 13.5. The number of carbonyl (C=O) groups is 2. The van der Waals surface area contributed by atoms with E-state index in [1.165, 1.54) is 0 Å². The summed E-state index contributed by atoms with van der Waals surface area (Å²) in [4.78, 5) is 30.4. The Labute approximate surface area is 192 Å². The average Bonchev–Trinajstić information content (AvgIpc) is 3.36. The fourth-order valence-corrected chi connectivity index (χ4v) is 4.44. The van der Waals surface area contributed by atoms with E-state index in [2.05, 4.69) is 32.9 Å². The van der Waals surface area contributed by atoms with Gasteiger partial charge in [-0.1, -0.05) is 24.3 Å². The molecule has 1 aliphatic carbocycles. The van der Waals surface area contributed by atoms with Crippen LogP contribution in [0.25, 0.3) is 5.70 Å². The average molecular weight is 446 g/mol. The highest BCUT2D eigenvalue weighted by atomic mass is 16.2. The van der Waals surface area contributed by atoms with Crippen LogP contribution >= 0.6 is 0 Å². The van der Waals surface area contributed by atoms with Gasteiger partial charge >= 0.3 is 6.03 Å². The number of rotatable bonds is 4. The predicted molar refractivity (Wildman–Crippen MR) is 127 cm³/mol. The van der Waals surface area contributed by atoms with E-state index >= 15 is 0 Å². The molecule has 0 aromatic heterocycles. The summed E-state index contributed by atoms with van der Waals surface area (Å²) in [6.07, 6.45) is 0. The quantitative estimate of drug-likeness (QED) is 0.754. The molecule has 0 radical (unpaired) electrons. The molecular formula is C24H27N7O2. The van der Waals surface area contributed by atoms with E-state index in [9.17, 15) is 9.59 Å². The van der Waals surface area contributed by atoms with Crippen molar-refractivity contribution in [2.24, 2.45) is 10.2 Å². The largest absolute Gasteiger partial charge is 0.378 e. The van der Waals surface area contributed by atoms with Gasteiger partial charge in [0.1, 0.15) is 11.7 Å². The number of hydrogen-bond acceptors (Lipinski definition) is 7. The number of carbonyl (C=O) groups excluding carboxylic acids is 2. The van der Waals surface area contributed by atoms with Crippen molar-refractivity contribution in [3.63, 3.8) is 0 Å². The third-order valence-corrected chi connectivity index (χ3v) is 6.33. The number of anilines is 2. The van der Waals surface area contributed by atoms with Crippen LogP contribution in [0.2, 0.25) is 0 Å². The highest BCUT2D eigenvalue weighted by molar-refractivity contribution is 6.22. The molecule has 2 amide bonds. The Bertz CT molecular complexity index is 1160. The van der Waals surface area contributed by atoms with Crippen molar-refractivity contribution in [1.82, 2.24) is 15.3 Å². The highest BCUT2D eigenvalue weighted by Crippen LogP contribution is 2.49. The first-order valence-electron chi connectivity index (χ1n) is 11.0. The number of azo groups is 1. The van der Waals surface area contributed by atoms with Crippen LogP contribution in [-0.4, -0.2) is 69.0 Å². The minimum Gasteiger partial charge on any atom is -0.378 e. The third kappa shape index (κ3) is 3.90. The molecule has 2 aromatic rings. The standard InChI is InChI=1S/C24H27N7O2/c1-29(2)16-9-7-15(8-10-16)21-20-22(27-26-21)17-5-4-6-18(19(17)23(20)32)25-24(33)28-31-13-11-30(3)12-14-31/h4-10,22H,11-14H2,1-3H3,(H2,25,28,33). The number of hydrogen-bond donors (Lipinski definition) is 2. The number of nitrogens with zero attached hydrogens (tertiary/aromatic N) is 5.